The summed E-state index contributed by atoms with van der Waals surface area (Å²) in [6.45, 7) is 4.57. The minimum atomic E-state index is -0.269. The van der Waals surface area contributed by atoms with Gasteiger partial charge in [-0.3, -0.25) is 9.48 Å². The summed E-state index contributed by atoms with van der Waals surface area (Å²) in [5, 5.41) is 12.3. The van der Waals surface area contributed by atoms with Crippen molar-refractivity contribution < 1.29 is 4.79 Å². The zero-order chi connectivity index (χ0) is 17.4. The topological polar surface area (TPSA) is 77.6 Å². The first-order valence-electron chi connectivity index (χ1n) is 7.91. The van der Waals surface area contributed by atoms with Crippen LogP contribution in [0.1, 0.15) is 23.1 Å². The van der Waals surface area contributed by atoms with Gasteiger partial charge in [0.2, 0.25) is 5.13 Å². The van der Waals surface area contributed by atoms with Crippen LogP contribution in [0.25, 0.3) is 15.3 Å². The van der Waals surface area contributed by atoms with E-state index in [4.69, 9.17) is 0 Å². The number of fused-ring (bicyclic) bond motifs is 1. The van der Waals surface area contributed by atoms with Gasteiger partial charge < -0.3 is 5.32 Å². The molecule has 0 unspecified atom stereocenters. The van der Waals surface area contributed by atoms with E-state index >= 15 is 0 Å². The normalized spacial score (nSPS) is 11.1. The number of hydrogen-bond donors (Lipinski definition) is 1. The number of carbonyl (C=O) groups excluding carboxylic acids is 1. The van der Waals surface area contributed by atoms with Gasteiger partial charge in [-0.05, 0) is 32.0 Å². The molecule has 0 spiro atoms. The number of benzene rings is 1. The van der Waals surface area contributed by atoms with Crippen LogP contribution in [0.3, 0.4) is 0 Å². The highest BCUT2D eigenvalue weighted by molar-refractivity contribution is 7.20. The van der Waals surface area contributed by atoms with E-state index in [0.29, 0.717) is 16.6 Å². The van der Waals surface area contributed by atoms with Crippen molar-refractivity contribution in [3.05, 3.63) is 54.0 Å². The molecule has 126 valence electrons. The Bertz CT molecular complexity index is 1030. The van der Waals surface area contributed by atoms with Gasteiger partial charge in [-0.25, -0.2) is 4.98 Å². The molecule has 8 heteroatoms. The van der Waals surface area contributed by atoms with Gasteiger partial charge in [0, 0.05) is 18.8 Å². The fraction of sp³-hybridized carbons (Fsp3) is 0.176. The van der Waals surface area contributed by atoms with Crippen LogP contribution in [0.2, 0.25) is 0 Å². The Hall–Kier alpha value is -3.00. The summed E-state index contributed by atoms with van der Waals surface area (Å²) in [6, 6.07) is 11.4. The van der Waals surface area contributed by atoms with Crippen molar-refractivity contribution in [2.24, 2.45) is 0 Å². The van der Waals surface area contributed by atoms with E-state index in [-0.39, 0.29) is 5.91 Å². The first-order valence-corrected chi connectivity index (χ1v) is 8.73. The van der Waals surface area contributed by atoms with Crippen molar-refractivity contribution in [3.8, 4) is 5.13 Å². The second kappa shape index (κ2) is 6.14. The van der Waals surface area contributed by atoms with Crippen molar-refractivity contribution in [2.45, 2.75) is 20.4 Å². The zero-order valence-corrected chi connectivity index (χ0v) is 14.6. The second-order valence-electron chi connectivity index (χ2n) is 5.56. The maximum atomic E-state index is 12.5. The minimum Gasteiger partial charge on any atom is -0.305 e. The van der Waals surface area contributed by atoms with Gasteiger partial charge in [-0.2, -0.15) is 14.9 Å². The van der Waals surface area contributed by atoms with E-state index in [1.54, 1.807) is 21.6 Å². The molecule has 7 nitrogen and oxygen atoms in total. The zero-order valence-electron chi connectivity index (χ0n) is 13.8. The monoisotopic (exact) mass is 352 g/mol. The van der Waals surface area contributed by atoms with E-state index < -0.39 is 0 Å². The lowest BCUT2D eigenvalue weighted by Crippen LogP contribution is -2.16. The Morgan fingerprint density at radius 2 is 2.08 bits per heavy atom. The maximum absolute atomic E-state index is 12.5. The lowest BCUT2D eigenvalue weighted by atomic mass is 10.3. The standard InChI is InChI=1S/C17H16N6OS/c1-3-22-9-8-13(21-22)16(24)19-15-10-11(2)20-23(15)17-18-12-6-4-5-7-14(12)25-17/h4-10H,3H2,1-2H3,(H,19,24). The molecular formula is C17H16N6OS. The third kappa shape index (κ3) is 2.91. The highest BCUT2D eigenvalue weighted by Crippen LogP contribution is 2.27. The molecule has 0 aliphatic carbocycles. The number of nitrogens with zero attached hydrogens (tertiary/aromatic N) is 5. The highest BCUT2D eigenvalue weighted by atomic mass is 32.1. The van der Waals surface area contributed by atoms with Crippen molar-refractivity contribution in [1.29, 1.82) is 0 Å². The molecule has 1 amide bonds. The predicted molar refractivity (Wildman–Crippen MR) is 97.3 cm³/mol. The SMILES string of the molecule is CCn1ccc(C(=O)Nc2cc(C)nn2-c2nc3ccccc3s2)n1. The largest absolute Gasteiger partial charge is 0.305 e. The fourth-order valence-electron chi connectivity index (χ4n) is 2.52. The number of aryl methyl sites for hydroxylation is 2. The van der Waals surface area contributed by atoms with E-state index in [1.165, 1.54) is 11.3 Å². The van der Waals surface area contributed by atoms with Gasteiger partial charge in [0.15, 0.2) is 5.69 Å². The molecule has 25 heavy (non-hydrogen) atoms. The van der Waals surface area contributed by atoms with Gasteiger partial charge in [0.05, 0.1) is 15.9 Å². The lowest BCUT2D eigenvalue weighted by Gasteiger charge is -2.04. The van der Waals surface area contributed by atoms with Crippen molar-refractivity contribution in [3.63, 3.8) is 0 Å². The van der Waals surface area contributed by atoms with E-state index in [1.807, 2.05) is 44.2 Å². The second-order valence-corrected chi connectivity index (χ2v) is 6.57. The molecule has 4 rings (SSSR count). The quantitative estimate of drug-likeness (QED) is 0.611. The number of carbonyl (C=O) groups is 1. The molecule has 0 bridgehead atoms. The smallest absolute Gasteiger partial charge is 0.277 e. The Kier molecular flexibility index (Phi) is 3.81. The molecular weight excluding hydrogens is 336 g/mol. The first kappa shape index (κ1) is 15.5. The molecule has 0 atom stereocenters. The van der Waals surface area contributed by atoms with Crippen LogP contribution < -0.4 is 5.32 Å². The number of aromatic nitrogens is 5. The molecule has 0 aliphatic rings. The van der Waals surface area contributed by atoms with E-state index in [2.05, 4.69) is 20.5 Å². The van der Waals surface area contributed by atoms with Crippen LogP contribution in [0, 0.1) is 6.92 Å². The average molecular weight is 352 g/mol. The molecule has 4 aromatic rings. The third-order valence-corrected chi connectivity index (χ3v) is 4.75. The lowest BCUT2D eigenvalue weighted by molar-refractivity contribution is 0.102. The summed E-state index contributed by atoms with van der Waals surface area (Å²) in [6.07, 6.45) is 1.78. The van der Waals surface area contributed by atoms with E-state index in [9.17, 15) is 4.79 Å². The number of nitrogens with one attached hydrogen (secondary N) is 1. The van der Waals surface area contributed by atoms with Crippen LogP contribution in [0.15, 0.2) is 42.6 Å². The molecule has 3 heterocycles. The molecule has 0 saturated heterocycles. The molecule has 0 fully saturated rings. The first-order chi connectivity index (χ1) is 12.1. The number of thiazole rings is 1. The summed E-state index contributed by atoms with van der Waals surface area (Å²) >= 11 is 1.53. The van der Waals surface area contributed by atoms with Crippen molar-refractivity contribution >= 4 is 33.3 Å². The molecule has 1 N–H and O–H groups in total. The molecule has 3 aromatic heterocycles. The number of hydrogen-bond acceptors (Lipinski definition) is 5. The van der Waals surface area contributed by atoms with Crippen LogP contribution in [0.4, 0.5) is 5.82 Å². The molecule has 0 saturated carbocycles. The number of rotatable bonds is 4. The number of para-hydroxylation sites is 1. The highest BCUT2D eigenvalue weighted by Gasteiger charge is 2.16. The Labute approximate surface area is 147 Å². The van der Waals surface area contributed by atoms with Crippen LogP contribution in [0.5, 0.6) is 0 Å². The van der Waals surface area contributed by atoms with Gasteiger partial charge in [0.25, 0.3) is 5.91 Å². The van der Waals surface area contributed by atoms with Crippen molar-refractivity contribution in [1.82, 2.24) is 24.5 Å². The summed E-state index contributed by atoms with van der Waals surface area (Å²) < 4.78 is 4.45. The summed E-state index contributed by atoms with van der Waals surface area (Å²) in [7, 11) is 0. The van der Waals surface area contributed by atoms with Crippen LogP contribution in [-0.2, 0) is 6.54 Å². The fourth-order valence-corrected chi connectivity index (χ4v) is 3.46. The van der Waals surface area contributed by atoms with Gasteiger partial charge in [-0.15, -0.1) is 0 Å². The Morgan fingerprint density at radius 1 is 1.24 bits per heavy atom. The molecule has 0 aliphatic heterocycles. The predicted octanol–water partition coefficient (Wildman–Crippen LogP) is 3.26. The molecule has 0 radical (unpaired) electrons. The van der Waals surface area contributed by atoms with Gasteiger partial charge in [-0.1, -0.05) is 23.5 Å². The average Bonchev–Trinajstić information content (AvgIpc) is 3.31. The molecule has 1 aromatic carbocycles. The number of amides is 1. The number of anilines is 1. The Morgan fingerprint density at radius 3 is 2.84 bits per heavy atom. The Balaban J connectivity index is 1.67. The third-order valence-electron chi connectivity index (χ3n) is 3.73. The van der Waals surface area contributed by atoms with Gasteiger partial charge >= 0.3 is 0 Å². The maximum Gasteiger partial charge on any atom is 0.277 e. The van der Waals surface area contributed by atoms with Crippen LogP contribution >= 0.6 is 11.3 Å². The van der Waals surface area contributed by atoms with Crippen LogP contribution in [-0.4, -0.2) is 30.5 Å². The summed E-state index contributed by atoms with van der Waals surface area (Å²) in [5.41, 5.74) is 2.08. The van der Waals surface area contributed by atoms with Gasteiger partial charge in [0.1, 0.15) is 5.82 Å². The minimum absolute atomic E-state index is 0.269. The summed E-state index contributed by atoms with van der Waals surface area (Å²) in [5.74, 6) is 0.307. The van der Waals surface area contributed by atoms with E-state index in [0.717, 1.165) is 22.5 Å². The summed E-state index contributed by atoms with van der Waals surface area (Å²) in [4.78, 5) is 17.1. The van der Waals surface area contributed by atoms with Crippen molar-refractivity contribution in [2.75, 3.05) is 5.32 Å².